The molecular weight excluding hydrogens is 513 g/mol. The number of rotatable bonds is 4. The van der Waals surface area contributed by atoms with E-state index in [0.717, 1.165) is 11.3 Å². The van der Waals surface area contributed by atoms with E-state index in [2.05, 4.69) is 21.2 Å². The number of esters is 1. The molecule has 3 N–H and O–H groups in total. The van der Waals surface area contributed by atoms with Gasteiger partial charge in [-0.25, -0.2) is 22.4 Å². The summed E-state index contributed by atoms with van der Waals surface area (Å²) in [5.74, 6) is -6.51. The molecular formula is C15H20BrCl2F4N3O2S. The largest absolute Gasteiger partial charge is 0.465 e. The molecule has 1 fully saturated rings. The smallest absolute Gasteiger partial charge is 0.350 e. The lowest BCUT2D eigenvalue weighted by atomic mass is 9.99. The number of hydrogen-bond donors (Lipinski definition) is 2. The molecule has 162 valence electrons. The molecule has 0 spiro atoms. The molecule has 3 heterocycles. The van der Waals surface area contributed by atoms with E-state index in [9.17, 15) is 22.4 Å². The third-order valence-corrected chi connectivity index (χ3v) is 6.52. The van der Waals surface area contributed by atoms with Gasteiger partial charge in [0, 0.05) is 37.0 Å². The number of alkyl halides is 4. The van der Waals surface area contributed by atoms with Gasteiger partial charge in [-0.2, -0.15) is 0 Å². The number of halogens is 7. The highest BCUT2D eigenvalue weighted by Crippen LogP contribution is 2.46. The van der Waals surface area contributed by atoms with Crippen LogP contribution in [0.1, 0.15) is 21.7 Å². The molecule has 2 aliphatic rings. The predicted molar refractivity (Wildman–Crippen MR) is 108 cm³/mol. The number of fused-ring (bicyclic) bond motifs is 1. The van der Waals surface area contributed by atoms with Crippen molar-refractivity contribution in [1.82, 2.24) is 5.32 Å². The van der Waals surface area contributed by atoms with Gasteiger partial charge < -0.3 is 20.7 Å². The van der Waals surface area contributed by atoms with Crippen molar-refractivity contribution < 1.29 is 27.1 Å². The highest BCUT2D eigenvalue weighted by Gasteiger charge is 2.45. The molecule has 0 aromatic carbocycles. The summed E-state index contributed by atoms with van der Waals surface area (Å²) in [6.07, 6.45) is -0.954. The van der Waals surface area contributed by atoms with Crippen LogP contribution in [-0.4, -0.2) is 56.6 Å². The van der Waals surface area contributed by atoms with Gasteiger partial charge in [-0.1, -0.05) is 0 Å². The third kappa shape index (κ3) is 5.23. The van der Waals surface area contributed by atoms with E-state index in [4.69, 9.17) is 10.5 Å². The number of methoxy groups -OCH3 is 1. The first-order valence-corrected chi connectivity index (χ1v) is 9.53. The summed E-state index contributed by atoms with van der Waals surface area (Å²) in [6.45, 7) is -1.20. The minimum absolute atomic E-state index is 0. The quantitative estimate of drug-likeness (QED) is 0.459. The zero-order chi connectivity index (χ0) is 19.3. The maximum Gasteiger partial charge on any atom is 0.350 e. The molecule has 0 saturated carbocycles. The maximum absolute atomic E-state index is 14.2. The molecule has 28 heavy (non-hydrogen) atoms. The van der Waals surface area contributed by atoms with Crippen molar-refractivity contribution in [3.05, 3.63) is 14.2 Å². The second-order valence-electron chi connectivity index (χ2n) is 6.65. The van der Waals surface area contributed by atoms with Crippen LogP contribution in [0.3, 0.4) is 0 Å². The number of anilines is 1. The first-order valence-electron chi connectivity index (χ1n) is 7.92. The zero-order valence-electron chi connectivity index (χ0n) is 14.6. The number of nitrogens with zero attached hydrogens (tertiary/aromatic N) is 1. The molecule has 13 heteroatoms. The number of ether oxygens (including phenoxy) is 1. The number of hydrogen-bond acceptors (Lipinski definition) is 6. The van der Waals surface area contributed by atoms with Crippen molar-refractivity contribution in [2.45, 2.75) is 36.8 Å². The van der Waals surface area contributed by atoms with Crippen LogP contribution in [0.2, 0.25) is 0 Å². The molecule has 5 nitrogen and oxygen atoms in total. The summed E-state index contributed by atoms with van der Waals surface area (Å²) < 4.78 is 60.4. The van der Waals surface area contributed by atoms with Gasteiger partial charge in [-0.15, -0.1) is 36.2 Å². The van der Waals surface area contributed by atoms with Gasteiger partial charge in [-0.3, -0.25) is 0 Å². The zero-order valence-corrected chi connectivity index (χ0v) is 18.7. The predicted octanol–water partition coefficient (Wildman–Crippen LogP) is 3.46. The van der Waals surface area contributed by atoms with Crippen LogP contribution >= 0.6 is 52.1 Å². The van der Waals surface area contributed by atoms with E-state index < -0.39 is 55.8 Å². The van der Waals surface area contributed by atoms with Crippen LogP contribution in [0.4, 0.5) is 23.2 Å². The lowest BCUT2D eigenvalue weighted by molar-refractivity contribution is 0.00434. The Morgan fingerprint density at radius 3 is 2.57 bits per heavy atom. The fraction of sp³-hybridized carbons (Fsp3) is 0.667. The summed E-state index contributed by atoms with van der Waals surface area (Å²) in [5.41, 5.74) is 6.69. The van der Waals surface area contributed by atoms with Crippen molar-refractivity contribution in [3.63, 3.8) is 0 Å². The Labute approximate surface area is 184 Å². The Bertz CT molecular complexity index is 726. The highest BCUT2D eigenvalue weighted by molar-refractivity contribution is 9.11. The van der Waals surface area contributed by atoms with E-state index in [1.54, 1.807) is 0 Å². The topological polar surface area (TPSA) is 67.6 Å². The van der Waals surface area contributed by atoms with E-state index in [-0.39, 0.29) is 36.2 Å². The molecule has 1 aromatic heterocycles. The summed E-state index contributed by atoms with van der Waals surface area (Å²) in [7, 11) is 1.21. The minimum atomic E-state index is -3.02. The number of thiophene rings is 1. The first-order chi connectivity index (χ1) is 12.0. The van der Waals surface area contributed by atoms with Crippen molar-refractivity contribution >= 4 is 63.7 Å². The van der Waals surface area contributed by atoms with Crippen LogP contribution in [0.15, 0.2) is 3.79 Å². The van der Waals surface area contributed by atoms with Crippen molar-refractivity contribution in [2.24, 2.45) is 5.73 Å². The van der Waals surface area contributed by atoms with Crippen molar-refractivity contribution in [3.8, 4) is 0 Å². The summed E-state index contributed by atoms with van der Waals surface area (Å²) in [6, 6.07) is -1.48. The lowest BCUT2D eigenvalue weighted by Gasteiger charge is -2.37. The third-order valence-electron chi connectivity index (χ3n) is 4.56. The monoisotopic (exact) mass is 531 g/mol. The average molecular weight is 533 g/mol. The fourth-order valence-electron chi connectivity index (χ4n) is 3.41. The van der Waals surface area contributed by atoms with E-state index in [1.807, 2.05) is 0 Å². The number of nitrogens with one attached hydrogen (secondary N) is 1. The molecule has 0 amide bonds. The molecule has 0 bridgehead atoms. The SMILES string of the molecule is COC(=O)c1sc(Br)c2c1N(C[C@H](N)[C@@H]1CC(F)(F)CN1)CC(F)(F)C2.Cl.Cl. The Balaban J connectivity index is 0.00000196. The minimum Gasteiger partial charge on any atom is -0.465 e. The fourth-order valence-corrected chi connectivity index (χ4v) is 5.21. The molecule has 2 atom stereocenters. The van der Waals surface area contributed by atoms with E-state index in [0.29, 0.717) is 15.0 Å². The normalized spacial score (nSPS) is 23.2. The second kappa shape index (κ2) is 9.22. The van der Waals surface area contributed by atoms with Crippen LogP contribution in [0.5, 0.6) is 0 Å². The lowest BCUT2D eigenvalue weighted by Crippen LogP contribution is -2.53. The van der Waals surface area contributed by atoms with Gasteiger partial charge in [0.2, 0.25) is 0 Å². The number of carbonyl (C=O) groups is 1. The van der Waals surface area contributed by atoms with Gasteiger partial charge in [0.1, 0.15) is 4.88 Å². The Morgan fingerprint density at radius 2 is 2.04 bits per heavy atom. The molecule has 0 radical (unpaired) electrons. The van der Waals surface area contributed by atoms with Gasteiger partial charge in [0.05, 0.1) is 29.7 Å². The summed E-state index contributed by atoms with van der Waals surface area (Å²) in [5, 5.41) is 2.65. The van der Waals surface area contributed by atoms with Crippen LogP contribution in [0.25, 0.3) is 0 Å². The molecule has 1 aromatic rings. The summed E-state index contributed by atoms with van der Waals surface area (Å²) in [4.78, 5) is 13.6. The van der Waals surface area contributed by atoms with Crippen LogP contribution in [-0.2, 0) is 11.2 Å². The molecule has 0 unspecified atom stereocenters. The van der Waals surface area contributed by atoms with Crippen molar-refractivity contribution in [1.29, 1.82) is 0 Å². The van der Waals surface area contributed by atoms with Gasteiger partial charge >= 0.3 is 5.97 Å². The molecule has 2 aliphatic heterocycles. The van der Waals surface area contributed by atoms with Crippen LogP contribution in [0, 0.1) is 0 Å². The number of nitrogens with two attached hydrogens (primary N) is 1. The first kappa shape index (κ1) is 25.7. The highest BCUT2D eigenvalue weighted by atomic mass is 79.9. The van der Waals surface area contributed by atoms with Gasteiger partial charge in [0.25, 0.3) is 11.8 Å². The average Bonchev–Trinajstić information content (AvgIpc) is 3.06. The maximum atomic E-state index is 14.2. The van der Waals surface area contributed by atoms with Gasteiger partial charge in [-0.05, 0) is 15.9 Å². The van der Waals surface area contributed by atoms with Gasteiger partial charge in [0.15, 0.2) is 0 Å². The van der Waals surface area contributed by atoms with Crippen LogP contribution < -0.4 is 16.0 Å². The second-order valence-corrected chi connectivity index (χ2v) is 8.99. The Kier molecular flexibility index (Phi) is 8.46. The molecule has 3 rings (SSSR count). The van der Waals surface area contributed by atoms with E-state index in [1.165, 1.54) is 12.0 Å². The standard InChI is InChI=1S/C15H18BrF4N3O2S.2ClH/c1-25-13(24)11-10-7(12(16)26-11)2-15(19,20)6-23(10)4-8(21)9-3-14(17,18)5-22-9;;/h8-9,22H,2-6,21H2,1H3;2*1H/t8-,9-;;/m0../s1. The van der Waals surface area contributed by atoms with E-state index >= 15 is 0 Å². The number of carbonyl (C=O) groups excluding carboxylic acids is 1. The summed E-state index contributed by atoms with van der Waals surface area (Å²) >= 11 is 4.25. The molecule has 0 aliphatic carbocycles. The molecule has 1 saturated heterocycles. The Morgan fingerprint density at radius 1 is 1.39 bits per heavy atom. The van der Waals surface area contributed by atoms with Crippen molar-refractivity contribution in [2.75, 3.05) is 31.6 Å². The Hall–Kier alpha value is -0.330.